The number of hydrogen-bond donors (Lipinski definition) is 0. The molecule has 0 heterocycles. The van der Waals surface area contributed by atoms with Crippen LogP contribution in [0.5, 0.6) is 0 Å². The fourth-order valence-corrected chi connectivity index (χ4v) is 3.63. The summed E-state index contributed by atoms with van der Waals surface area (Å²) >= 11 is 0. The Bertz CT molecular complexity index is 424. The monoisotopic (exact) mass is 302 g/mol. The zero-order valence-electron chi connectivity index (χ0n) is 14.1. The van der Waals surface area contributed by atoms with Crippen molar-refractivity contribution < 1.29 is 4.39 Å². The molecule has 1 fully saturated rings. The highest BCUT2D eigenvalue weighted by Gasteiger charge is 2.21. The van der Waals surface area contributed by atoms with Gasteiger partial charge in [0.1, 0.15) is 0 Å². The molecular formula is C21H31F. The molecule has 1 heteroatoms. The van der Waals surface area contributed by atoms with Crippen molar-refractivity contribution in [1.29, 1.82) is 0 Å². The van der Waals surface area contributed by atoms with Crippen LogP contribution in [-0.4, -0.2) is 6.67 Å². The molecule has 0 unspecified atom stereocenters. The summed E-state index contributed by atoms with van der Waals surface area (Å²) in [4.78, 5) is 0. The quantitative estimate of drug-likeness (QED) is 0.374. The minimum absolute atomic E-state index is 0.222. The van der Waals surface area contributed by atoms with Crippen molar-refractivity contribution in [2.45, 2.75) is 70.6 Å². The van der Waals surface area contributed by atoms with Gasteiger partial charge in [-0.3, -0.25) is 4.39 Å². The van der Waals surface area contributed by atoms with Crippen LogP contribution in [0.3, 0.4) is 0 Å². The molecule has 2 rings (SSSR count). The summed E-state index contributed by atoms with van der Waals surface area (Å²) < 4.78 is 12.0. The van der Waals surface area contributed by atoms with Gasteiger partial charge in [0.15, 0.2) is 0 Å². The Morgan fingerprint density at radius 3 is 2.32 bits per heavy atom. The van der Waals surface area contributed by atoms with Gasteiger partial charge in [-0.2, -0.15) is 0 Å². The summed E-state index contributed by atoms with van der Waals surface area (Å²) in [5.74, 6) is 1.70. The van der Waals surface area contributed by atoms with E-state index in [0.29, 0.717) is 6.42 Å². The maximum atomic E-state index is 12.0. The lowest BCUT2D eigenvalue weighted by Crippen LogP contribution is -2.13. The molecule has 0 saturated heterocycles. The average molecular weight is 302 g/mol. The van der Waals surface area contributed by atoms with E-state index in [1.54, 1.807) is 5.56 Å². The van der Waals surface area contributed by atoms with Gasteiger partial charge < -0.3 is 0 Å². The molecule has 1 saturated carbocycles. The van der Waals surface area contributed by atoms with Gasteiger partial charge in [-0.1, -0.05) is 49.8 Å². The molecule has 0 amide bonds. The molecular weight excluding hydrogens is 271 g/mol. The molecule has 1 aliphatic rings. The molecule has 0 bridgehead atoms. The predicted molar refractivity (Wildman–Crippen MR) is 94.1 cm³/mol. The molecule has 22 heavy (non-hydrogen) atoms. The predicted octanol–water partition coefficient (Wildman–Crippen LogP) is 6.61. The number of benzene rings is 1. The third kappa shape index (κ3) is 5.59. The lowest BCUT2D eigenvalue weighted by atomic mass is 9.77. The lowest BCUT2D eigenvalue weighted by Gasteiger charge is -2.29. The minimum atomic E-state index is -0.222. The van der Waals surface area contributed by atoms with Gasteiger partial charge in [0.25, 0.3) is 0 Å². The van der Waals surface area contributed by atoms with Crippen molar-refractivity contribution in [2.75, 3.05) is 6.67 Å². The number of unbranched alkanes of at least 4 members (excludes halogenated alkanes) is 1. The largest absolute Gasteiger partial charge is 0.251 e. The topological polar surface area (TPSA) is 0 Å². The van der Waals surface area contributed by atoms with Gasteiger partial charge in [0.05, 0.1) is 6.67 Å². The zero-order chi connectivity index (χ0) is 15.6. The minimum Gasteiger partial charge on any atom is -0.251 e. The van der Waals surface area contributed by atoms with Crippen LogP contribution in [0, 0.1) is 5.92 Å². The van der Waals surface area contributed by atoms with Crippen LogP contribution in [0.15, 0.2) is 36.4 Å². The van der Waals surface area contributed by atoms with E-state index in [-0.39, 0.29) is 6.67 Å². The summed E-state index contributed by atoms with van der Waals surface area (Å²) in [7, 11) is 0. The maximum absolute atomic E-state index is 12.0. The van der Waals surface area contributed by atoms with E-state index >= 15 is 0 Å². The van der Waals surface area contributed by atoms with Gasteiger partial charge in [0.2, 0.25) is 0 Å². The van der Waals surface area contributed by atoms with Crippen molar-refractivity contribution in [3.05, 3.63) is 47.5 Å². The fraction of sp³-hybridized carbons (Fsp3) is 0.619. The molecule has 0 spiro atoms. The highest BCUT2D eigenvalue weighted by atomic mass is 19.1. The Balaban J connectivity index is 1.66. The van der Waals surface area contributed by atoms with Crippen molar-refractivity contribution >= 4 is 0 Å². The maximum Gasteiger partial charge on any atom is 0.0928 e. The van der Waals surface area contributed by atoms with Gasteiger partial charge in [-0.05, 0) is 74.3 Å². The van der Waals surface area contributed by atoms with Crippen LogP contribution in [-0.2, 0) is 6.42 Å². The Hall–Kier alpha value is -1.11. The summed E-state index contributed by atoms with van der Waals surface area (Å²) in [6.45, 7) is 1.99. The standard InChI is InChI=1S/C21H31F/c1-2-18-9-13-20(14-10-18)21-15-11-19(12-16-21)8-6-4-3-5-7-17-22/h3,5,9-10,13-14,19,21H,2,4,6-8,11-12,15-17H2,1H3/t19-,21-. The first kappa shape index (κ1) is 17.2. The Morgan fingerprint density at radius 1 is 1.00 bits per heavy atom. The number of rotatable bonds is 8. The molecule has 122 valence electrons. The number of allylic oxidation sites excluding steroid dienone is 2. The summed E-state index contributed by atoms with van der Waals surface area (Å²) in [5.41, 5.74) is 2.99. The summed E-state index contributed by atoms with van der Waals surface area (Å²) in [6, 6.07) is 9.29. The van der Waals surface area contributed by atoms with E-state index in [1.807, 2.05) is 6.08 Å². The third-order valence-electron chi connectivity index (χ3n) is 5.13. The second kappa shape index (κ2) is 9.82. The highest BCUT2D eigenvalue weighted by Crippen LogP contribution is 2.37. The molecule has 0 N–H and O–H groups in total. The van der Waals surface area contributed by atoms with E-state index in [0.717, 1.165) is 24.7 Å². The molecule has 1 aromatic rings. The second-order valence-corrected chi connectivity index (χ2v) is 6.69. The number of aryl methyl sites for hydroxylation is 1. The lowest BCUT2D eigenvalue weighted by molar-refractivity contribution is 0.305. The van der Waals surface area contributed by atoms with Crippen LogP contribution in [0.2, 0.25) is 0 Å². The van der Waals surface area contributed by atoms with E-state index in [4.69, 9.17) is 0 Å². The van der Waals surface area contributed by atoms with Gasteiger partial charge in [-0.15, -0.1) is 0 Å². The van der Waals surface area contributed by atoms with Crippen LogP contribution < -0.4 is 0 Å². The summed E-state index contributed by atoms with van der Waals surface area (Å²) in [6.07, 6.45) is 15.1. The van der Waals surface area contributed by atoms with Gasteiger partial charge in [-0.25, -0.2) is 0 Å². The number of alkyl halides is 1. The van der Waals surface area contributed by atoms with E-state index in [9.17, 15) is 4.39 Å². The molecule has 1 aromatic carbocycles. The smallest absolute Gasteiger partial charge is 0.0928 e. The molecule has 0 atom stereocenters. The van der Waals surface area contributed by atoms with E-state index in [2.05, 4.69) is 37.3 Å². The van der Waals surface area contributed by atoms with Gasteiger partial charge >= 0.3 is 0 Å². The summed E-state index contributed by atoms with van der Waals surface area (Å²) in [5, 5.41) is 0. The van der Waals surface area contributed by atoms with E-state index in [1.165, 1.54) is 44.1 Å². The molecule has 0 nitrogen and oxygen atoms in total. The SMILES string of the molecule is CCc1ccc([C@H]2CC[C@H](CCCC=CCCF)CC2)cc1. The van der Waals surface area contributed by atoms with Crippen LogP contribution >= 0.6 is 0 Å². The molecule has 1 aliphatic carbocycles. The van der Waals surface area contributed by atoms with Crippen molar-refractivity contribution in [3.8, 4) is 0 Å². The Morgan fingerprint density at radius 2 is 1.68 bits per heavy atom. The van der Waals surface area contributed by atoms with Gasteiger partial charge in [0, 0.05) is 0 Å². The van der Waals surface area contributed by atoms with Crippen LogP contribution in [0.4, 0.5) is 4.39 Å². The zero-order valence-corrected chi connectivity index (χ0v) is 14.1. The molecule has 0 radical (unpaired) electrons. The number of halogens is 1. The fourth-order valence-electron chi connectivity index (χ4n) is 3.63. The van der Waals surface area contributed by atoms with Crippen molar-refractivity contribution in [1.82, 2.24) is 0 Å². The van der Waals surface area contributed by atoms with Crippen molar-refractivity contribution in [2.24, 2.45) is 5.92 Å². The molecule has 0 aromatic heterocycles. The van der Waals surface area contributed by atoms with E-state index < -0.39 is 0 Å². The first-order valence-corrected chi connectivity index (χ1v) is 9.13. The highest BCUT2D eigenvalue weighted by molar-refractivity contribution is 5.25. The van der Waals surface area contributed by atoms with Crippen molar-refractivity contribution in [3.63, 3.8) is 0 Å². The van der Waals surface area contributed by atoms with Crippen LogP contribution in [0.25, 0.3) is 0 Å². The third-order valence-corrected chi connectivity index (χ3v) is 5.13. The van der Waals surface area contributed by atoms with Crippen LogP contribution in [0.1, 0.15) is 75.3 Å². The first-order chi connectivity index (χ1) is 10.8. The Labute approximate surface area is 135 Å². The Kier molecular flexibility index (Phi) is 7.70. The first-order valence-electron chi connectivity index (χ1n) is 9.13. The second-order valence-electron chi connectivity index (χ2n) is 6.69. The average Bonchev–Trinajstić information content (AvgIpc) is 2.59. The molecule has 0 aliphatic heterocycles. The number of hydrogen-bond acceptors (Lipinski definition) is 0. The normalized spacial score (nSPS) is 22.3.